The molecule has 7 rings (SSSR count). The van der Waals surface area contributed by atoms with E-state index in [0.29, 0.717) is 24.1 Å². The van der Waals surface area contributed by atoms with Gasteiger partial charge in [-0.1, -0.05) is 38.1 Å². The fraction of sp³-hybridized carbons (Fsp3) is 0.382. The molecule has 45 heavy (non-hydrogen) atoms. The van der Waals surface area contributed by atoms with Gasteiger partial charge in [-0.2, -0.15) is 0 Å². The number of likely N-dealkylation sites (tertiary alicyclic amines) is 1. The van der Waals surface area contributed by atoms with Gasteiger partial charge >= 0.3 is 6.09 Å². The number of aromatic nitrogens is 5. The van der Waals surface area contributed by atoms with Gasteiger partial charge in [-0.05, 0) is 72.7 Å². The molecule has 2 saturated heterocycles. The minimum Gasteiger partial charge on any atom is -0.453 e. The second kappa shape index (κ2) is 12.0. The third-order valence-corrected chi connectivity index (χ3v) is 9.07. The number of carbonyl (C=O) groups is 2. The maximum atomic E-state index is 13.5. The molecule has 3 aromatic heterocycles. The highest BCUT2D eigenvalue weighted by Gasteiger charge is 2.37. The molecule has 5 aromatic rings. The van der Waals surface area contributed by atoms with Crippen molar-refractivity contribution in [2.24, 2.45) is 5.92 Å². The zero-order valence-corrected chi connectivity index (χ0v) is 25.8. The summed E-state index contributed by atoms with van der Waals surface area (Å²) in [5.41, 5.74) is 5.60. The first-order valence-electron chi connectivity index (χ1n) is 15.7. The van der Waals surface area contributed by atoms with Crippen LogP contribution in [0.2, 0.25) is 0 Å². The van der Waals surface area contributed by atoms with Crippen molar-refractivity contribution in [3.05, 3.63) is 66.5 Å². The van der Waals surface area contributed by atoms with E-state index in [2.05, 4.69) is 73.0 Å². The Morgan fingerprint density at radius 1 is 0.933 bits per heavy atom. The molecule has 11 nitrogen and oxygen atoms in total. The highest BCUT2D eigenvalue weighted by molar-refractivity contribution is 5.91. The predicted octanol–water partition coefficient (Wildman–Crippen LogP) is 5.64. The summed E-state index contributed by atoms with van der Waals surface area (Å²) in [5.74, 6) is 1.48. The molecule has 0 radical (unpaired) electrons. The standard InChI is InChI=1S/C34H38N8O3/c1-19(2)29(40-34(44)45-3)33(43)42-13-5-7-28(42)32-38-26-16-24(17-36-31(26)41-32)22-9-8-21-15-23(11-10-20(21)14-22)27-18-37-30(39-27)25-6-4-12-35-25/h8-11,14-19,25,28-29,35H,4-7,12-13H2,1-3H3,(H,37,39)(H,40,44)(H,36,38,41)/t25-,28-,29-/m0/s1. The van der Waals surface area contributed by atoms with E-state index in [1.165, 1.54) is 13.5 Å². The number of fused-ring (bicyclic) bond motifs is 2. The Bertz CT molecular complexity index is 1870. The van der Waals surface area contributed by atoms with Crippen molar-refractivity contribution in [2.45, 2.75) is 57.7 Å². The number of rotatable bonds is 7. The monoisotopic (exact) mass is 606 g/mol. The number of amides is 2. The van der Waals surface area contributed by atoms with Crippen LogP contribution < -0.4 is 10.6 Å². The van der Waals surface area contributed by atoms with E-state index < -0.39 is 12.1 Å². The number of carbonyl (C=O) groups excluding carboxylic acids is 2. The number of hydrogen-bond acceptors (Lipinski definition) is 7. The van der Waals surface area contributed by atoms with Crippen LogP contribution in [-0.4, -0.2) is 68.1 Å². The molecule has 11 heteroatoms. The molecular formula is C34H38N8O3. The Kier molecular flexibility index (Phi) is 7.70. The van der Waals surface area contributed by atoms with Crippen molar-refractivity contribution in [1.29, 1.82) is 0 Å². The largest absolute Gasteiger partial charge is 0.453 e. The van der Waals surface area contributed by atoms with Crippen molar-refractivity contribution in [2.75, 3.05) is 20.2 Å². The van der Waals surface area contributed by atoms with E-state index in [4.69, 9.17) is 9.72 Å². The van der Waals surface area contributed by atoms with Crippen LogP contribution in [0.5, 0.6) is 0 Å². The van der Waals surface area contributed by atoms with Crippen molar-refractivity contribution in [1.82, 2.24) is 40.5 Å². The van der Waals surface area contributed by atoms with Gasteiger partial charge in [0.25, 0.3) is 0 Å². The van der Waals surface area contributed by atoms with E-state index in [1.54, 1.807) is 0 Å². The number of alkyl carbamates (subject to hydrolysis) is 1. The smallest absolute Gasteiger partial charge is 0.407 e. The number of ether oxygens (including phenoxy) is 1. The lowest BCUT2D eigenvalue weighted by Gasteiger charge is -2.29. The third kappa shape index (κ3) is 5.64. The molecule has 0 saturated carbocycles. The fourth-order valence-corrected chi connectivity index (χ4v) is 6.60. The quantitative estimate of drug-likeness (QED) is 0.188. The van der Waals surface area contributed by atoms with Crippen molar-refractivity contribution < 1.29 is 14.3 Å². The second-order valence-electron chi connectivity index (χ2n) is 12.4. The van der Waals surface area contributed by atoms with E-state index in [1.807, 2.05) is 31.1 Å². The summed E-state index contributed by atoms with van der Waals surface area (Å²) < 4.78 is 4.75. The molecule has 0 bridgehead atoms. The number of nitrogens with zero attached hydrogens (tertiary/aromatic N) is 4. The third-order valence-electron chi connectivity index (χ3n) is 9.07. The number of H-pyrrole nitrogens is 2. The zero-order valence-electron chi connectivity index (χ0n) is 25.8. The molecular weight excluding hydrogens is 568 g/mol. The van der Waals surface area contributed by atoms with Gasteiger partial charge in [0.2, 0.25) is 5.91 Å². The molecule has 0 aliphatic carbocycles. The van der Waals surface area contributed by atoms with E-state index in [0.717, 1.165) is 70.3 Å². The molecule has 232 valence electrons. The topological polar surface area (TPSA) is 141 Å². The van der Waals surface area contributed by atoms with Gasteiger partial charge in [0, 0.05) is 23.9 Å². The second-order valence-corrected chi connectivity index (χ2v) is 12.4. The van der Waals surface area contributed by atoms with Gasteiger partial charge in [0.15, 0.2) is 5.65 Å². The number of aromatic amines is 2. The summed E-state index contributed by atoms with van der Waals surface area (Å²) in [7, 11) is 1.30. The van der Waals surface area contributed by atoms with E-state index >= 15 is 0 Å². The van der Waals surface area contributed by atoms with Crippen LogP contribution >= 0.6 is 0 Å². The summed E-state index contributed by atoms with van der Waals surface area (Å²) in [6, 6.07) is 14.4. The van der Waals surface area contributed by atoms with Gasteiger partial charge in [-0.25, -0.2) is 19.7 Å². The van der Waals surface area contributed by atoms with Crippen LogP contribution in [0.4, 0.5) is 4.79 Å². The summed E-state index contributed by atoms with van der Waals surface area (Å²) in [6.07, 6.45) is 7.08. The highest BCUT2D eigenvalue weighted by atomic mass is 16.5. The number of nitrogens with one attached hydrogen (secondary N) is 4. The Morgan fingerprint density at radius 3 is 2.49 bits per heavy atom. The maximum absolute atomic E-state index is 13.5. The van der Waals surface area contributed by atoms with Crippen LogP contribution in [0.1, 0.15) is 63.3 Å². The molecule has 5 heterocycles. The van der Waals surface area contributed by atoms with Gasteiger partial charge in [-0.15, -0.1) is 0 Å². The minimum atomic E-state index is -0.678. The molecule has 2 aliphatic heterocycles. The number of benzene rings is 2. The van der Waals surface area contributed by atoms with Gasteiger partial charge in [0.05, 0.1) is 36.6 Å². The average molecular weight is 607 g/mol. The lowest BCUT2D eigenvalue weighted by Crippen LogP contribution is -2.51. The van der Waals surface area contributed by atoms with Crippen LogP contribution in [0.25, 0.3) is 44.3 Å². The van der Waals surface area contributed by atoms with Crippen LogP contribution in [0.15, 0.2) is 54.9 Å². The highest BCUT2D eigenvalue weighted by Crippen LogP contribution is 2.34. The lowest BCUT2D eigenvalue weighted by atomic mass is 10.00. The number of pyridine rings is 1. The zero-order chi connectivity index (χ0) is 31.1. The predicted molar refractivity (Wildman–Crippen MR) is 172 cm³/mol. The molecule has 2 aromatic carbocycles. The maximum Gasteiger partial charge on any atom is 0.407 e. The summed E-state index contributed by atoms with van der Waals surface area (Å²) in [4.78, 5) is 48.3. The number of methoxy groups -OCH3 is 1. The molecule has 3 atom stereocenters. The summed E-state index contributed by atoms with van der Waals surface area (Å²) >= 11 is 0. The van der Waals surface area contributed by atoms with Crippen LogP contribution in [0.3, 0.4) is 0 Å². The van der Waals surface area contributed by atoms with Gasteiger partial charge in [-0.3, -0.25) is 4.79 Å². The van der Waals surface area contributed by atoms with E-state index in [-0.39, 0.29) is 17.9 Å². The van der Waals surface area contributed by atoms with Crippen LogP contribution in [0, 0.1) is 5.92 Å². The Labute approximate surface area is 261 Å². The van der Waals surface area contributed by atoms with E-state index in [9.17, 15) is 9.59 Å². The summed E-state index contributed by atoms with van der Waals surface area (Å²) in [5, 5.41) is 8.49. The fourth-order valence-electron chi connectivity index (χ4n) is 6.60. The molecule has 4 N–H and O–H groups in total. The Balaban J connectivity index is 1.11. The SMILES string of the molecule is COC(=O)N[C@H](C(=O)N1CCC[C@H]1c1nc2ncc(-c3ccc4cc(-c5cnc([C@@H]6CCCN6)[nH]5)ccc4c3)cc2[nH]1)C(C)C. The molecule has 2 amide bonds. The van der Waals surface area contributed by atoms with Crippen molar-refractivity contribution in [3.8, 4) is 22.4 Å². The van der Waals surface area contributed by atoms with Gasteiger partial charge in [0.1, 0.15) is 17.7 Å². The molecule has 0 unspecified atom stereocenters. The lowest BCUT2D eigenvalue weighted by molar-refractivity contribution is -0.135. The first kappa shape index (κ1) is 29.0. The molecule has 2 fully saturated rings. The number of hydrogen-bond donors (Lipinski definition) is 4. The normalized spacial score (nSPS) is 19.1. The Morgan fingerprint density at radius 2 is 1.73 bits per heavy atom. The molecule has 2 aliphatic rings. The molecule has 0 spiro atoms. The summed E-state index contributed by atoms with van der Waals surface area (Å²) in [6.45, 7) is 5.46. The van der Waals surface area contributed by atoms with Crippen molar-refractivity contribution >= 4 is 33.9 Å². The average Bonchev–Trinajstić information content (AvgIpc) is 3.88. The first-order valence-corrected chi connectivity index (χ1v) is 15.7. The minimum absolute atomic E-state index is 0.0937. The first-order chi connectivity index (χ1) is 21.9. The van der Waals surface area contributed by atoms with Gasteiger partial charge < -0.3 is 30.2 Å². The van der Waals surface area contributed by atoms with Crippen molar-refractivity contribution in [3.63, 3.8) is 0 Å². The Hall–Kier alpha value is -4.77. The number of imidazole rings is 2. The van der Waals surface area contributed by atoms with Crippen LogP contribution in [-0.2, 0) is 9.53 Å².